The summed E-state index contributed by atoms with van der Waals surface area (Å²) in [5.74, 6) is 0.843. The number of imidazole rings is 1. The highest BCUT2D eigenvalue weighted by Gasteiger charge is 2.14. The molecular weight excluding hydrogens is 250 g/mol. The largest absolute Gasteiger partial charge is 0.324 e. The third-order valence-corrected chi connectivity index (χ3v) is 3.35. The molecule has 0 aliphatic rings. The average Bonchev–Trinajstić information content (AvgIpc) is 2.84. The van der Waals surface area contributed by atoms with Crippen LogP contribution in [0.1, 0.15) is 18.2 Å². The third-order valence-electron chi connectivity index (χ3n) is 3.35. The van der Waals surface area contributed by atoms with E-state index in [9.17, 15) is 0 Å². The molecule has 0 saturated carbocycles. The average molecular weight is 263 g/mol. The standard InChI is InChI=1S/C15H13N5/c1-3-20-14-6-11(7-16)4-5-13(14)19-15(20)12-8-17-9-18-10(12)2/h4-6,8-9H,3H2,1-2H3. The summed E-state index contributed by atoms with van der Waals surface area (Å²) in [5.41, 5.74) is 4.29. The monoisotopic (exact) mass is 263 g/mol. The van der Waals surface area contributed by atoms with Crippen molar-refractivity contribution >= 4 is 11.0 Å². The molecular formula is C15H13N5. The predicted molar refractivity (Wildman–Crippen MR) is 75.9 cm³/mol. The Hall–Kier alpha value is -2.74. The second-order valence-electron chi connectivity index (χ2n) is 4.52. The van der Waals surface area contributed by atoms with Crippen LogP contribution in [0.2, 0.25) is 0 Å². The van der Waals surface area contributed by atoms with Crippen LogP contribution < -0.4 is 0 Å². The van der Waals surface area contributed by atoms with Gasteiger partial charge in [-0.05, 0) is 32.0 Å². The fourth-order valence-electron chi connectivity index (χ4n) is 2.33. The Kier molecular flexibility index (Phi) is 2.92. The lowest BCUT2D eigenvalue weighted by Crippen LogP contribution is -2.00. The van der Waals surface area contributed by atoms with Gasteiger partial charge in [0.25, 0.3) is 0 Å². The molecule has 0 spiro atoms. The minimum atomic E-state index is 0.639. The maximum atomic E-state index is 9.03. The van der Waals surface area contributed by atoms with E-state index < -0.39 is 0 Å². The lowest BCUT2D eigenvalue weighted by molar-refractivity contribution is 0.794. The Balaban J connectivity index is 2.32. The van der Waals surface area contributed by atoms with E-state index in [2.05, 4.69) is 32.5 Å². The summed E-state index contributed by atoms with van der Waals surface area (Å²) in [6.07, 6.45) is 3.31. The summed E-state index contributed by atoms with van der Waals surface area (Å²) in [6.45, 7) is 4.77. The fraction of sp³-hybridized carbons (Fsp3) is 0.200. The first-order chi connectivity index (χ1) is 9.74. The summed E-state index contributed by atoms with van der Waals surface area (Å²) in [4.78, 5) is 13.0. The number of benzene rings is 1. The zero-order valence-electron chi connectivity index (χ0n) is 11.3. The van der Waals surface area contributed by atoms with Gasteiger partial charge in [-0.15, -0.1) is 0 Å². The van der Waals surface area contributed by atoms with Gasteiger partial charge >= 0.3 is 0 Å². The van der Waals surface area contributed by atoms with Crippen molar-refractivity contribution in [3.8, 4) is 17.5 Å². The van der Waals surface area contributed by atoms with Crippen molar-refractivity contribution in [3.05, 3.63) is 42.0 Å². The highest BCUT2D eigenvalue weighted by Crippen LogP contribution is 2.26. The first kappa shape index (κ1) is 12.3. The Morgan fingerprint density at radius 3 is 2.90 bits per heavy atom. The summed E-state index contributed by atoms with van der Waals surface area (Å²) in [7, 11) is 0. The number of aromatic nitrogens is 4. The van der Waals surface area contributed by atoms with Crippen molar-refractivity contribution in [2.45, 2.75) is 20.4 Å². The maximum Gasteiger partial charge on any atom is 0.144 e. The lowest BCUT2D eigenvalue weighted by Gasteiger charge is -2.07. The van der Waals surface area contributed by atoms with Gasteiger partial charge < -0.3 is 4.57 Å². The number of fused-ring (bicyclic) bond motifs is 1. The van der Waals surface area contributed by atoms with Crippen molar-refractivity contribution in [2.24, 2.45) is 0 Å². The van der Waals surface area contributed by atoms with Crippen molar-refractivity contribution < 1.29 is 0 Å². The second-order valence-corrected chi connectivity index (χ2v) is 4.52. The van der Waals surface area contributed by atoms with Crippen LogP contribution in [0, 0.1) is 18.3 Å². The van der Waals surface area contributed by atoms with E-state index in [1.54, 1.807) is 12.3 Å². The van der Waals surface area contributed by atoms with Crippen LogP contribution in [0.5, 0.6) is 0 Å². The van der Waals surface area contributed by atoms with Gasteiger partial charge in [0.1, 0.15) is 12.2 Å². The van der Waals surface area contributed by atoms with E-state index in [1.165, 1.54) is 6.33 Å². The quantitative estimate of drug-likeness (QED) is 0.713. The molecule has 0 atom stereocenters. The lowest BCUT2D eigenvalue weighted by atomic mass is 10.2. The molecule has 2 heterocycles. The van der Waals surface area contributed by atoms with Gasteiger partial charge in [0, 0.05) is 12.7 Å². The van der Waals surface area contributed by atoms with Crippen LogP contribution in [-0.4, -0.2) is 19.5 Å². The first-order valence-electron chi connectivity index (χ1n) is 6.42. The molecule has 0 aliphatic heterocycles. The van der Waals surface area contributed by atoms with Gasteiger partial charge in [0.15, 0.2) is 0 Å². The minimum Gasteiger partial charge on any atom is -0.324 e. The van der Waals surface area contributed by atoms with Crippen LogP contribution in [-0.2, 0) is 6.54 Å². The van der Waals surface area contributed by atoms with Crippen LogP contribution in [0.3, 0.4) is 0 Å². The number of hydrogen-bond donors (Lipinski definition) is 0. The topological polar surface area (TPSA) is 67.4 Å². The minimum absolute atomic E-state index is 0.639. The van der Waals surface area contributed by atoms with E-state index in [4.69, 9.17) is 5.26 Å². The molecule has 0 N–H and O–H groups in total. The molecule has 0 unspecified atom stereocenters. The zero-order chi connectivity index (χ0) is 14.1. The molecule has 20 heavy (non-hydrogen) atoms. The van der Waals surface area contributed by atoms with E-state index in [0.717, 1.165) is 34.7 Å². The van der Waals surface area contributed by atoms with Gasteiger partial charge in [-0.25, -0.2) is 15.0 Å². The van der Waals surface area contributed by atoms with Gasteiger partial charge in [-0.3, -0.25) is 0 Å². The Morgan fingerprint density at radius 2 is 2.20 bits per heavy atom. The maximum absolute atomic E-state index is 9.03. The number of nitriles is 1. The SMILES string of the molecule is CCn1c(-c2cncnc2C)nc2ccc(C#N)cc21. The summed E-state index contributed by atoms with van der Waals surface area (Å²) in [6, 6.07) is 7.70. The van der Waals surface area contributed by atoms with E-state index in [-0.39, 0.29) is 0 Å². The Morgan fingerprint density at radius 1 is 1.35 bits per heavy atom. The molecule has 2 aromatic heterocycles. The summed E-state index contributed by atoms with van der Waals surface area (Å²) >= 11 is 0. The molecule has 3 rings (SSSR count). The predicted octanol–water partition coefficient (Wildman–Crippen LogP) is 2.69. The molecule has 0 amide bonds. The van der Waals surface area contributed by atoms with Crippen LogP contribution >= 0.6 is 0 Å². The number of nitrogens with zero attached hydrogens (tertiary/aromatic N) is 5. The molecule has 0 bridgehead atoms. The van der Waals surface area contributed by atoms with Gasteiger partial charge in [0.2, 0.25) is 0 Å². The number of aryl methyl sites for hydroxylation is 2. The smallest absolute Gasteiger partial charge is 0.144 e. The molecule has 0 fully saturated rings. The van der Waals surface area contributed by atoms with Crippen LogP contribution in [0.4, 0.5) is 0 Å². The van der Waals surface area contributed by atoms with Crippen molar-refractivity contribution in [3.63, 3.8) is 0 Å². The van der Waals surface area contributed by atoms with E-state index in [0.29, 0.717) is 5.56 Å². The normalized spacial score (nSPS) is 10.7. The first-order valence-corrected chi connectivity index (χ1v) is 6.42. The molecule has 98 valence electrons. The zero-order valence-corrected chi connectivity index (χ0v) is 11.3. The Labute approximate surface area is 116 Å². The van der Waals surface area contributed by atoms with Gasteiger partial charge in [-0.1, -0.05) is 0 Å². The van der Waals surface area contributed by atoms with Gasteiger partial charge in [0.05, 0.1) is 33.9 Å². The molecule has 5 nitrogen and oxygen atoms in total. The van der Waals surface area contributed by atoms with Crippen molar-refractivity contribution in [2.75, 3.05) is 0 Å². The number of rotatable bonds is 2. The Bertz CT molecular complexity index is 826. The summed E-state index contributed by atoms with van der Waals surface area (Å²) in [5, 5.41) is 9.03. The molecule has 1 aromatic carbocycles. The molecule has 0 radical (unpaired) electrons. The fourth-order valence-corrected chi connectivity index (χ4v) is 2.33. The van der Waals surface area contributed by atoms with E-state index >= 15 is 0 Å². The molecule has 0 aliphatic carbocycles. The van der Waals surface area contributed by atoms with E-state index in [1.807, 2.05) is 19.1 Å². The highest BCUT2D eigenvalue weighted by molar-refractivity contribution is 5.82. The summed E-state index contributed by atoms with van der Waals surface area (Å²) < 4.78 is 2.09. The molecule has 0 saturated heterocycles. The van der Waals surface area contributed by atoms with Crippen molar-refractivity contribution in [1.29, 1.82) is 5.26 Å². The third kappa shape index (κ3) is 1.82. The van der Waals surface area contributed by atoms with Crippen LogP contribution in [0.25, 0.3) is 22.4 Å². The van der Waals surface area contributed by atoms with Crippen molar-refractivity contribution in [1.82, 2.24) is 19.5 Å². The second kappa shape index (κ2) is 4.74. The van der Waals surface area contributed by atoms with Gasteiger partial charge in [-0.2, -0.15) is 5.26 Å². The highest BCUT2D eigenvalue weighted by atomic mass is 15.1. The van der Waals surface area contributed by atoms with Crippen LogP contribution in [0.15, 0.2) is 30.7 Å². The molecule has 3 aromatic rings. The molecule has 5 heteroatoms. The number of hydrogen-bond acceptors (Lipinski definition) is 4.